The normalized spacial score (nSPS) is 22.6. The van der Waals surface area contributed by atoms with Gasteiger partial charge in [0.1, 0.15) is 11.6 Å². The molecule has 20 heavy (non-hydrogen) atoms. The third kappa shape index (κ3) is 3.93. The number of hydrogen-bond acceptors (Lipinski definition) is 3. The van der Waals surface area contributed by atoms with Crippen LogP contribution in [0.4, 0.5) is 4.39 Å². The minimum Gasteiger partial charge on any atom is -0.493 e. The molecule has 0 radical (unpaired) electrons. The molecule has 2 unspecified atom stereocenters. The number of piperidine rings is 1. The first-order chi connectivity index (χ1) is 9.56. The van der Waals surface area contributed by atoms with E-state index in [1.165, 1.54) is 12.1 Å². The van der Waals surface area contributed by atoms with Gasteiger partial charge in [0.25, 0.3) is 0 Å². The van der Waals surface area contributed by atoms with Crippen LogP contribution in [0.3, 0.4) is 0 Å². The number of aliphatic hydroxyl groups excluding tert-OH is 1. The molecule has 0 saturated carbocycles. The standard InChI is InChI=1S/C15H20FNO3/c1-11-10-17(8-6-14(11)18)15(19)7-9-20-13-4-2-12(16)3-5-13/h2-5,11,14,18H,6-10H2,1H3. The summed E-state index contributed by atoms with van der Waals surface area (Å²) in [5.41, 5.74) is 0. The van der Waals surface area contributed by atoms with E-state index in [1.807, 2.05) is 6.92 Å². The van der Waals surface area contributed by atoms with Gasteiger partial charge in [-0.15, -0.1) is 0 Å². The molecule has 5 heteroatoms. The van der Waals surface area contributed by atoms with E-state index in [0.717, 1.165) is 0 Å². The van der Waals surface area contributed by atoms with Gasteiger partial charge in [-0.2, -0.15) is 0 Å². The van der Waals surface area contributed by atoms with Gasteiger partial charge < -0.3 is 14.7 Å². The fourth-order valence-corrected chi connectivity index (χ4v) is 2.30. The fourth-order valence-electron chi connectivity index (χ4n) is 2.30. The highest BCUT2D eigenvalue weighted by Gasteiger charge is 2.26. The van der Waals surface area contributed by atoms with Gasteiger partial charge in [0.2, 0.25) is 5.91 Å². The second-order valence-electron chi connectivity index (χ2n) is 5.23. The molecule has 1 heterocycles. The molecule has 1 N–H and O–H groups in total. The van der Waals surface area contributed by atoms with Crippen LogP contribution in [-0.2, 0) is 4.79 Å². The lowest BCUT2D eigenvalue weighted by Gasteiger charge is -2.34. The van der Waals surface area contributed by atoms with Crippen molar-refractivity contribution in [3.05, 3.63) is 30.1 Å². The van der Waals surface area contributed by atoms with Crippen molar-refractivity contribution >= 4 is 5.91 Å². The lowest BCUT2D eigenvalue weighted by Crippen LogP contribution is -2.45. The molecule has 4 nitrogen and oxygen atoms in total. The Morgan fingerprint density at radius 3 is 2.80 bits per heavy atom. The van der Waals surface area contributed by atoms with Crippen molar-refractivity contribution in [2.75, 3.05) is 19.7 Å². The molecule has 1 saturated heterocycles. The highest BCUT2D eigenvalue weighted by Crippen LogP contribution is 2.17. The van der Waals surface area contributed by atoms with Gasteiger partial charge in [-0.05, 0) is 36.6 Å². The summed E-state index contributed by atoms with van der Waals surface area (Å²) in [6.45, 7) is 3.41. The zero-order valence-electron chi connectivity index (χ0n) is 11.6. The van der Waals surface area contributed by atoms with Crippen molar-refractivity contribution in [1.82, 2.24) is 4.90 Å². The summed E-state index contributed by atoms with van der Waals surface area (Å²) in [6, 6.07) is 5.73. The van der Waals surface area contributed by atoms with Crippen LogP contribution >= 0.6 is 0 Å². The van der Waals surface area contributed by atoms with E-state index in [4.69, 9.17) is 4.74 Å². The molecule has 0 bridgehead atoms. The Hall–Kier alpha value is -1.62. The highest BCUT2D eigenvalue weighted by atomic mass is 19.1. The molecule has 1 aliphatic rings. The Morgan fingerprint density at radius 1 is 1.45 bits per heavy atom. The molecule has 0 aromatic heterocycles. The topological polar surface area (TPSA) is 49.8 Å². The third-order valence-electron chi connectivity index (χ3n) is 3.61. The van der Waals surface area contributed by atoms with E-state index < -0.39 is 0 Å². The number of carbonyl (C=O) groups is 1. The minimum atomic E-state index is -0.311. The van der Waals surface area contributed by atoms with Gasteiger partial charge in [0, 0.05) is 13.1 Å². The Morgan fingerprint density at radius 2 is 2.15 bits per heavy atom. The molecule has 1 aromatic rings. The van der Waals surface area contributed by atoms with Crippen LogP contribution in [0, 0.1) is 11.7 Å². The number of likely N-dealkylation sites (tertiary alicyclic amines) is 1. The first-order valence-electron chi connectivity index (χ1n) is 6.90. The smallest absolute Gasteiger partial charge is 0.226 e. The number of carbonyl (C=O) groups excluding carboxylic acids is 1. The van der Waals surface area contributed by atoms with Crippen LogP contribution in [0.2, 0.25) is 0 Å². The molecular formula is C15H20FNO3. The van der Waals surface area contributed by atoms with E-state index in [2.05, 4.69) is 0 Å². The third-order valence-corrected chi connectivity index (χ3v) is 3.61. The SMILES string of the molecule is CC1CN(C(=O)CCOc2ccc(F)cc2)CCC1O. The van der Waals surface area contributed by atoms with Crippen molar-refractivity contribution in [2.24, 2.45) is 5.92 Å². The quantitative estimate of drug-likeness (QED) is 0.916. The number of rotatable bonds is 4. The molecule has 1 aromatic carbocycles. The van der Waals surface area contributed by atoms with Gasteiger partial charge in [-0.1, -0.05) is 6.92 Å². The van der Waals surface area contributed by atoms with Crippen LogP contribution in [0.15, 0.2) is 24.3 Å². The molecular weight excluding hydrogens is 261 g/mol. The maximum absolute atomic E-state index is 12.7. The molecule has 0 aliphatic carbocycles. The number of ether oxygens (including phenoxy) is 1. The van der Waals surface area contributed by atoms with Crippen LogP contribution in [0.25, 0.3) is 0 Å². The Bertz CT molecular complexity index is 449. The van der Waals surface area contributed by atoms with Gasteiger partial charge in [0.05, 0.1) is 19.1 Å². The van der Waals surface area contributed by atoms with Crippen LogP contribution in [0.5, 0.6) is 5.75 Å². The zero-order valence-corrected chi connectivity index (χ0v) is 11.6. The molecule has 1 fully saturated rings. The summed E-state index contributed by atoms with van der Waals surface area (Å²) in [5.74, 6) is 0.396. The van der Waals surface area contributed by atoms with E-state index in [-0.39, 0.29) is 30.4 Å². The molecule has 110 valence electrons. The van der Waals surface area contributed by atoms with E-state index in [0.29, 0.717) is 31.7 Å². The predicted molar refractivity (Wildman–Crippen MR) is 72.9 cm³/mol. The number of nitrogens with zero attached hydrogens (tertiary/aromatic N) is 1. The van der Waals surface area contributed by atoms with Gasteiger partial charge >= 0.3 is 0 Å². The van der Waals surface area contributed by atoms with E-state index >= 15 is 0 Å². The lowest BCUT2D eigenvalue weighted by molar-refractivity contribution is -0.135. The van der Waals surface area contributed by atoms with Crippen molar-refractivity contribution in [3.8, 4) is 5.75 Å². The molecule has 0 spiro atoms. The van der Waals surface area contributed by atoms with E-state index in [9.17, 15) is 14.3 Å². The number of aliphatic hydroxyl groups is 1. The van der Waals surface area contributed by atoms with Crippen molar-refractivity contribution in [1.29, 1.82) is 0 Å². The van der Waals surface area contributed by atoms with Crippen LogP contribution in [0.1, 0.15) is 19.8 Å². The first-order valence-corrected chi connectivity index (χ1v) is 6.90. The van der Waals surface area contributed by atoms with Crippen molar-refractivity contribution < 1.29 is 19.0 Å². The number of hydrogen-bond donors (Lipinski definition) is 1. The van der Waals surface area contributed by atoms with Gasteiger partial charge in [-0.25, -0.2) is 4.39 Å². The Kier molecular flexibility index (Phi) is 4.95. The maximum Gasteiger partial charge on any atom is 0.226 e. The zero-order chi connectivity index (χ0) is 14.5. The average Bonchev–Trinajstić information content (AvgIpc) is 2.44. The molecule has 1 aliphatic heterocycles. The largest absolute Gasteiger partial charge is 0.493 e. The second-order valence-corrected chi connectivity index (χ2v) is 5.23. The van der Waals surface area contributed by atoms with Crippen LogP contribution in [-0.4, -0.2) is 41.7 Å². The van der Waals surface area contributed by atoms with Gasteiger partial charge in [0.15, 0.2) is 0 Å². The average molecular weight is 281 g/mol. The molecule has 2 rings (SSSR count). The number of benzene rings is 1. The molecule has 1 amide bonds. The predicted octanol–water partition coefficient (Wildman–Crippen LogP) is 1.82. The Balaban J connectivity index is 1.74. The summed E-state index contributed by atoms with van der Waals surface area (Å²) in [7, 11) is 0. The summed E-state index contributed by atoms with van der Waals surface area (Å²) in [6.07, 6.45) is 0.612. The fraction of sp³-hybridized carbons (Fsp3) is 0.533. The summed E-state index contributed by atoms with van der Waals surface area (Å²) < 4.78 is 18.1. The summed E-state index contributed by atoms with van der Waals surface area (Å²) >= 11 is 0. The lowest BCUT2D eigenvalue weighted by atomic mass is 9.96. The Labute approximate surface area is 118 Å². The highest BCUT2D eigenvalue weighted by molar-refractivity contribution is 5.76. The minimum absolute atomic E-state index is 0.0332. The van der Waals surface area contributed by atoms with Crippen molar-refractivity contribution in [2.45, 2.75) is 25.9 Å². The van der Waals surface area contributed by atoms with Crippen molar-refractivity contribution in [3.63, 3.8) is 0 Å². The maximum atomic E-state index is 12.7. The van der Waals surface area contributed by atoms with Gasteiger partial charge in [-0.3, -0.25) is 4.79 Å². The first kappa shape index (κ1) is 14.8. The summed E-state index contributed by atoms with van der Waals surface area (Å²) in [5, 5.41) is 9.63. The molecule has 2 atom stereocenters. The summed E-state index contributed by atoms with van der Waals surface area (Å²) in [4.78, 5) is 13.8. The van der Waals surface area contributed by atoms with Crippen LogP contribution < -0.4 is 4.74 Å². The monoisotopic (exact) mass is 281 g/mol. The second kappa shape index (κ2) is 6.70. The number of amides is 1. The number of halogens is 1. The van der Waals surface area contributed by atoms with E-state index in [1.54, 1.807) is 17.0 Å².